The number of methoxy groups -OCH3 is 1. The molecule has 0 aliphatic carbocycles. The highest BCUT2D eigenvalue weighted by Gasteiger charge is 2.25. The number of carbonyl (C=O) groups is 2. The summed E-state index contributed by atoms with van der Waals surface area (Å²) < 4.78 is 27.1. The van der Waals surface area contributed by atoms with E-state index in [0.717, 1.165) is 44.8 Å². The summed E-state index contributed by atoms with van der Waals surface area (Å²) in [6, 6.07) is 27.4. The topological polar surface area (TPSA) is 122 Å². The van der Waals surface area contributed by atoms with Gasteiger partial charge in [-0.3, -0.25) is 4.90 Å². The Labute approximate surface area is 251 Å². The van der Waals surface area contributed by atoms with Crippen molar-refractivity contribution >= 4 is 57.2 Å². The van der Waals surface area contributed by atoms with Gasteiger partial charge in [-0.05, 0) is 72.6 Å². The van der Waals surface area contributed by atoms with Crippen molar-refractivity contribution < 1.29 is 23.8 Å². The number of fused-ring (bicyclic) bond motifs is 2. The largest absolute Gasteiger partial charge is 0.515 e. The van der Waals surface area contributed by atoms with Crippen LogP contribution < -0.4 is 20.1 Å². The van der Waals surface area contributed by atoms with Crippen molar-refractivity contribution in [1.29, 1.82) is 0 Å². The summed E-state index contributed by atoms with van der Waals surface area (Å²) in [6.45, 7) is 2.22. The van der Waals surface area contributed by atoms with E-state index in [9.17, 15) is 9.59 Å². The molecule has 216 valence electrons. The third kappa shape index (κ3) is 5.45. The van der Waals surface area contributed by atoms with Gasteiger partial charge in [0.05, 0.1) is 54.4 Å². The van der Waals surface area contributed by atoms with E-state index in [0.29, 0.717) is 29.2 Å². The summed E-state index contributed by atoms with van der Waals surface area (Å²) in [5.41, 5.74) is 11.7. The Morgan fingerprint density at radius 1 is 0.907 bits per heavy atom. The van der Waals surface area contributed by atoms with Gasteiger partial charge < -0.3 is 24.5 Å². The Balaban J connectivity index is 1.60. The van der Waals surface area contributed by atoms with Crippen LogP contribution in [0.15, 0.2) is 91.0 Å². The van der Waals surface area contributed by atoms with E-state index in [1.165, 1.54) is 4.90 Å². The van der Waals surface area contributed by atoms with Crippen LogP contribution in [-0.2, 0) is 11.3 Å². The molecule has 11 heteroatoms. The zero-order valence-corrected chi connectivity index (χ0v) is 24.2. The number of nitrogens with two attached hydrogens (primary N) is 1. The number of urea groups is 1. The average molecular weight is 594 g/mol. The molecule has 0 radical (unpaired) electrons. The molecule has 4 aromatic carbocycles. The molecule has 0 unspecified atom stereocenters. The second-order valence-electron chi connectivity index (χ2n) is 9.58. The van der Waals surface area contributed by atoms with Gasteiger partial charge in [-0.25, -0.2) is 9.59 Å². The van der Waals surface area contributed by atoms with E-state index in [1.807, 2.05) is 95.6 Å². The normalized spacial score (nSPS) is 11.0. The lowest BCUT2D eigenvalue weighted by molar-refractivity contribution is 0.101. The number of rotatable bonds is 8. The molecule has 0 bridgehead atoms. The molecular weight excluding hydrogens is 566 g/mol. The lowest BCUT2D eigenvalue weighted by Gasteiger charge is -2.21. The number of hydrogen-bond donors (Lipinski definition) is 1. The highest BCUT2D eigenvalue weighted by molar-refractivity contribution is 7.00. The molecule has 0 atom stereocenters. The maximum Gasteiger partial charge on any atom is 0.515 e. The Morgan fingerprint density at radius 3 is 2.40 bits per heavy atom. The van der Waals surface area contributed by atoms with Crippen molar-refractivity contribution in [2.75, 3.05) is 18.6 Å². The van der Waals surface area contributed by atoms with E-state index in [4.69, 9.17) is 19.9 Å². The van der Waals surface area contributed by atoms with Gasteiger partial charge in [0, 0.05) is 5.39 Å². The predicted octanol–water partition coefficient (Wildman–Crippen LogP) is 7.12. The first-order valence-electron chi connectivity index (χ1n) is 13.5. The zero-order chi connectivity index (χ0) is 29.9. The van der Waals surface area contributed by atoms with Crippen LogP contribution in [0.1, 0.15) is 12.5 Å². The molecule has 0 spiro atoms. The van der Waals surface area contributed by atoms with Gasteiger partial charge in [-0.2, -0.15) is 8.75 Å². The predicted molar refractivity (Wildman–Crippen MR) is 166 cm³/mol. The highest BCUT2D eigenvalue weighted by atomic mass is 32.1. The summed E-state index contributed by atoms with van der Waals surface area (Å²) in [6.07, 6.45) is -0.830. The van der Waals surface area contributed by atoms with E-state index in [2.05, 4.69) is 8.75 Å². The van der Waals surface area contributed by atoms with Crippen molar-refractivity contribution in [3.8, 4) is 22.8 Å². The van der Waals surface area contributed by atoms with Crippen molar-refractivity contribution in [3.63, 3.8) is 0 Å². The first kappa shape index (κ1) is 27.7. The fourth-order valence-corrected chi connectivity index (χ4v) is 5.59. The lowest BCUT2D eigenvalue weighted by Crippen LogP contribution is -2.31. The number of carbonyl (C=O) groups excluding carboxylic acids is 2. The van der Waals surface area contributed by atoms with Crippen LogP contribution in [0.4, 0.5) is 21.0 Å². The Hall–Kier alpha value is -5.42. The first-order chi connectivity index (χ1) is 21.0. The van der Waals surface area contributed by atoms with Gasteiger partial charge in [-0.1, -0.05) is 36.4 Å². The molecule has 43 heavy (non-hydrogen) atoms. The summed E-state index contributed by atoms with van der Waals surface area (Å²) in [5.74, 6) is 0.966. The fourth-order valence-electron chi connectivity index (χ4n) is 5.07. The smallest absolute Gasteiger partial charge is 0.497 e. The minimum atomic E-state index is -0.830. The SMILES string of the molecule is CCOC(=O)Oc1c(-c2ccc(OC)cc2)c2cc(N(C(N)=O)c3ccccc3)ccc2n1Cc1ccc2nsnc2c1. The molecule has 2 heterocycles. The quantitative estimate of drug-likeness (QED) is 0.186. The minimum Gasteiger partial charge on any atom is -0.497 e. The number of para-hydroxylation sites is 1. The standard InChI is InChI=1S/C32H27N5O5S/c1-3-41-32(39)42-30-29(21-10-13-24(40-2)14-11-21)25-18-23(37(31(33)38)22-7-5-4-6-8-22)12-16-28(25)36(30)19-20-9-15-26-27(17-20)35-43-34-26/h4-18H,3,19H2,1-2H3,(H2,33,38). The number of aromatic nitrogens is 3. The van der Waals surface area contributed by atoms with Gasteiger partial charge in [0.1, 0.15) is 16.8 Å². The number of benzene rings is 4. The van der Waals surface area contributed by atoms with Crippen molar-refractivity contribution in [2.45, 2.75) is 13.5 Å². The molecule has 0 fully saturated rings. The van der Waals surface area contributed by atoms with Crippen LogP contribution in [-0.4, -0.2) is 39.2 Å². The molecule has 0 aliphatic heterocycles. The summed E-state index contributed by atoms with van der Waals surface area (Å²) in [5, 5.41) is 0.737. The maximum atomic E-state index is 12.8. The Bertz CT molecular complexity index is 1940. The minimum absolute atomic E-state index is 0.152. The van der Waals surface area contributed by atoms with Crippen LogP contribution in [0, 0.1) is 0 Å². The first-order valence-corrected chi connectivity index (χ1v) is 14.2. The van der Waals surface area contributed by atoms with Gasteiger partial charge >= 0.3 is 12.2 Å². The van der Waals surface area contributed by atoms with E-state index >= 15 is 0 Å². The van der Waals surface area contributed by atoms with Crippen LogP contribution in [0.5, 0.6) is 11.6 Å². The molecule has 10 nitrogen and oxygen atoms in total. The van der Waals surface area contributed by atoms with Gasteiger partial charge in [0.25, 0.3) is 0 Å². The third-order valence-electron chi connectivity index (χ3n) is 6.97. The van der Waals surface area contributed by atoms with Crippen LogP contribution in [0.3, 0.4) is 0 Å². The van der Waals surface area contributed by atoms with Crippen molar-refractivity contribution in [3.05, 3.63) is 96.6 Å². The summed E-state index contributed by atoms with van der Waals surface area (Å²) in [7, 11) is 1.60. The Morgan fingerprint density at radius 2 is 1.67 bits per heavy atom. The third-order valence-corrected chi connectivity index (χ3v) is 7.53. The van der Waals surface area contributed by atoms with Crippen molar-refractivity contribution in [2.24, 2.45) is 5.73 Å². The maximum absolute atomic E-state index is 12.8. The molecule has 0 aliphatic rings. The molecular formula is C32H27N5O5S. The molecule has 6 aromatic rings. The van der Waals surface area contributed by atoms with E-state index < -0.39 is 12.2 Å². The lowest BCUT2D eigenvalue weighted by atomic mass is 10.0. The molecule has 0 saturated carbocycles. The zero-order valence-electron chi connectivity index (χ0n) is 23.4. The van der Waals surface area contributed by atoms with Crippen LogP contribution in [0.25, 0.3) is 33.1 Å². The van der Waals surface area contributed by atoms with Gasteiger partial charge in [-0.15, -0.1) is 0 Å². The molecule has 2 amide bonds. The number of anilines is 2. The van der Waals surface area contributed by atoms with E-state index in [-0.39, 0.29) is 12.5 Å². The monoisotopic (exact) mass is 593 g/mol. The number of ether oxygens (including phenoxy) is 3. The van der Waals surface area contributed by atoms with Crippen LogP contribution >= 0.6 is 11.7 Å². The van der Waals surface area contributed by atoms with Crippen molar-refractivity contribution in [1.82, 2.24) is 13.3 Å². The van der Waals surface area contributed by atoms with Gasteiger partial charge in [0.15, 0.2) is 0 Å². The number of nitrogens with zero attached hydrogens (tertiary/aromatic N) is 4. The Kier molecular flexibility index (Phi) is 7.63. The number of primary amides is 1. The number of amides is 2. The summed E-state index contributed by atoms with van der Waals surface area (Å²) in [4.78, 5) is 26.9. The fraction of sp³-hybridized carbons (Fsp3) is 0.125. The average Bonchev–Trinajstić information content (AvgIpc) is 3.60. The highest BCUT2D eigenvalue weighted by Crippen LogP contribution is 2.43. The summed E-state index contributed by atoms with van der Waals surface area (Å²) >= 11 is 1.15. The molecule has 0 saturated heterocycles. The van der Waals surface area contributed by atoms with Crippen LogP contribution in [0.2, 0.25) is 0 Å². The second kappa shape index (κ2) is 11.8. The number of hydrogen-bond acceptors (Lipinski definition) is 8. The molecule has 2 aromatic heterocycles. The molecule has 2 N–H and O–H groups in total. The second-order valence-corrected chi connectivity index (χ2v) is 10.1. The van der Waals surface area contributed by atoms with Gasteiger partial charge in [0.2, 0.25) is 5.88 Å². The van der Waals surface area contributed by atoms with E-state index in [1.54, 1.807) is 14.0 Å². The molecule has 6 rings (SSSR count).